The summed E-state index contributed by atoms with van der Waals surface area (Å²) in [5.74, 6) is 1.85. The van der Waals surface area contributed by atoms with Gasteiger partial charge in [0.15, 0.2) is 6.10 Å². The van der Waals surface area contributed by atoms with E-state index in [-0.39, 0.29) is 12.5 Å². The minimum absolute atomic E-state index is 0.146. The summed E-state index contributed by atoms with van der Waals surface area (Å²) in [7, 11) is 1.71. The first-order valence-corrected chi connectivity index (χ1v) is 10.1. The van der Waals surface area contributed by atoms with E-state index in [4.69, 9.17) is 9.26 Å². The lowest BCUT2D eigenvalue weighted by Gasteiger charge is -2.23. The molecule has 0 radical (unpaired) electrons. The summed E-state index contributed by atoms with van der Waals surface area (Å²) >= 11 is 1.54. The quantitative estimate of drug-likeness (QED) is 0.578. The van der Waals surface area contributed by atoms with Crippen LogP contribution in [0.1, 0.15) is 43.7 Å². The maximum Gasteiger partial charge on any atom is 0.263 e. The molecular formula is C21H25N3O3S. The van der Waals surface area contributed by atoms with Crippen LogP contribution in [0.15, 0.2) is 40.2 Å². The molecule has 1 aromatic carbocycles. The minimum atomic E-state index is -0.621. The Balaban J connectivity index is 1.66. The van der Waals surface area contributed by atoms with E-state index in [0.717, 1.165) is 21.8 Å². The number of thiophene rings is 1. The molecule has 3 aromatic rings. The predicted octanol–water partition coefficient (Wildman–Crippen LogP) is 4.66. The van der Waals surface area contributed by atoms with Crippen molar-refractivity contribution in [1.29, 1.82) is 0 Å². The minimum Gasteiger partial charge on any atom is -0.481 e. The van der Waals surface area contributed by atoms with E-state index in [2.05, 4.69) is 36.1 Å². The molecule has 2 aromatic heterocycles. The number of hydrogen-bond acceptors (Lipinski definition) is 6. The molecule has 0 aliphatic heterocycles. The van der Waals surface area contributed by atoms with E-state index in [1.807, 2.05) is 30.5 Å². The van der Waals surface area contributed by atoms with Crippen LogP contribution in [0.25, 0.3) is 10.7 Å². The van der Waals surface area contributed by atoms with Crippen LogP contribution in [0.4, 0.5) is 0 Å². The average molecular weight is 400 g/mol. The third-order valence-corrected chi connectivity index (χ3v) is 5.27. The van der Waals surface area contributed by atoms with Crippen molar-refractivity contribution >= 4 is 17.2 Å². The van der Waals surface area contributed by atoms with Crippen LogP contribution in [0.3, 0.4) is 0 Å². The van der Waals surface area contributed by atoms with Crippen LogP contribution in [0, 0.1) is 6.92 Å². The van der Waals surface area contributed by atoms with Gasteiger partial charge in [0.05, 0.1) is 11.4 Å². The molecule has 0 N–H and O–H groups in total. The number of rotatable bonds is 7. The summed E-state index contributed by atoms with van der Waals surface area (Å²) in [4.78, 5) is 19.6. The summed E-state index contributed by atoms with van der Waals surface area (Å²) in [6.07, 6.45) is -0.621. The maximum atomic E-state index is 12.8. The number of carbonyl (C=O) groups is 1. The van der Waals surface area contributed by atoms with Gasteiger partial charge >= 0.3 is 0 Å². The van der Waals surface area contributed by atoms with Gasteiger partial charge in [-0.05, 0) is 48.4 Å². The molecular weight excluding hydrogens is 374 g/mol. The molecule has 0 bridgehead atoms. The molecule has 0 saturated carbocycles. The van der Waals surface area contributed by atoms with Gasteiger partial charge in [-0.15, -0.1) is 11.3 Å². The van der Waals surface area contributed by atoms with Gasteiger partial charge in [-0.25, -0.2) is 0 Å². The van der Waals surface area contributed by atoms with E-state index >= 15 is 0 Å². The molecule has 6 nitrogen and oxygen atoms in total. The van der Waals surface area contributed by atoms with Gasteiger partial charge in [-0.2, -0.15) is 4.98 Å². The molecule has 1 unspecified atom stereocenters. The van der Waals surface area contributed by atoms with E-state index in [1.165, 1.54) is 11.3 Å². The van der Waals surface area contributed by atoms with Gasteiger partial charge in [-0.1, -0.05) is 37.2 Å². The summed E-state index contributed by atoms with van der Waals surface area (Å²) in [6.45, 7) is 8.22. The first-order chi connectivity index (χ1) is 13.3. The van der Waals surface area contributed by atoms with Gasteiger partial charge in [0.25, 0.3) is 5.91 Å². The van der Waals surface area contributed by atoms with E-state index < -0.39 is 6.10 Å². The number of carbonyl (C=O) groups excluding carboxylic acids is 1. The number of aryl methyl sites for hydroxylation is 1. The highest BCUT2D eigenvalue weighted by Crippen LogP contribution is 2.28. The Labute approximate surface area is 169 Å². The molecule has 148 valence electrons. The SMILES string of the molecule is Cc1ccc(C(C)C)c(OC(C)C(=O)N(C)Cc2nc(-c3cccs3)no2)c1. The number of benzene rings is 1. The van der Waals surface area contributed by atoms with Crippen LogP contribution >= 0.6 is 11.3 Å². The fourth-order valence-corrected chi connectivity index (χ4v) is 3.53. The number of aromatic nitrogens is 2. The van der Waals surface area contributed by atoms with Gasteiger partial charge in [-0.3, -0.25) is 4.79 Å². The van der Waals surface area contributed by atoms with Gasteiger partial charge < -0.3 is 14.2 Å². The molecule has 1 atom stereocenters. The molecule has 0 saturated heterocycles. The van der Waals surface area contributed by atoms with Gasteiger partial charge in [0.2, 0.25) is 11.7 Å². The van der Waals surface area contributed by atoms with Crippen LogP contribution in [0.2, 0.25) is 0 Å². The molecule has 0 spiro atoms. The third-order valence-electron chi connectivity index (χ3n) is 4.40. The zero-order chi connectivity index (χ0) is 20.3. The lowest BCUT2D eigenvalue weighted by atomic mass is 10.0. The van der Waals surface area contributed by atoms with E-state index in [0.29, 0.717) is 17.6 Å². The van der Waals surface area contributed by atoms with Crippen molar-refractivity contribution < 1.29 is 14.1 Å². The molecule has 1 amide bonds. The topological polar surface area (TPSA) is 68.5 Å². The fraction of sp³-hybridized carbons (Fsp3) is 0.381. The summed E-state index contributed by atoms with van der Waals surface area (Å²) in [6, 6.07) is 9.95. The second-order valence-corrected chi connectivity index (χ2v) is 8.09. The average Bonchev–Trinajstić information content (AvgIpc) is 3.32. The lowest BCUT2D eigenvalue weighted by molar-refractivity contribution is -0.137. The highest BCUT2D eigenvalue weighted by atomic mass is 32.1. The third kappa shape index (κ3) is 4.59. The smallest absolute Gasteiger partial charge is 0.263 e. The molecule has 0 aliphatic carbocycles. The first kappa shape index (κ1) is 20.1. The van der Waals surface area contributed by atoms with Crippen LogP contribution < -0.4 is 4.74 Å². The Kier molecular flexibility index (Phi) is 6.14. The molecule has 2 heterocycles. The van der Waals surface area contributed by atoms with Crippen molar-refractivity contribution in [2.24, 2.45) is 0 Å². The zero-order valence-electron chi connectivity index (χ0n) is 16.8. The molecule has 3 rings (SSSR count). The fourth-order valence-electron chi connectivity index (χ4n) is 2.88. The lowest BCUT2D eigenvalue weighted by Crippen LogP contribution is -2.37. The number of amides is 1. The highest BCUT2D eigenvalue weighted by molar-refractivity contribution is 7.13. The van der Waals surface area contributed by atoms with Crippen LogP contribution in [0.5, 0.6) is 5.75 Å². The molecule has 28 heavy (non-hydrogen) atoms. The zero-order valence-corrected chi connectivity index (χ0v) is 17.6. The second-order valence-electron chi connectivity index (χ2n) is 7.14. The Morgan fingerprint density at radius 2 is 2.07 bits per heavy atom. The molecule has 0 fully saturated rings. The Morgan fingerprint density at radius 3 is 2.75 bits per heavy atom. The standard InChI is InChI=1S/C21H25N3O3S/c1-13(2)16-9-8-14(3)11-17(16)26-15(4)21(25)24(5)12-19-22-20(23-27-19)18-7-6-10-28-18/h6-11,13,15H,12H2,1-5H3. The van der Waals surface area contributed by atoms with Crippen LogP contribution in [-0.2, 0) is 11.3 Å². The largest absolute Gasteiger partial charge is 0.481 e. The van der Waals surface area contributed by atoms with Crippen molar-refractivity contribution in [3.8, 4) is 16.5 Å². The van der Waals surface area contributed by atoms with E-state index in [9.17, 15) is 4.79 Å². The van der Waals surface area contributed by atoms with Crippen molar-refractivity contribution in [2.45, 2.75) is 46.3 Å². The van der Waals surface area contributed by atoms with E-state index in [1.54, 1.807) is 18.9 Å². The number of ether oxygens (including phenoxy) is 1. The normalized spacial score (nSPS) is 12.2. The van der Waals surface area contributed by atoms with Gasteiger partial charge in [0, 0.05) is 7.05 Å². The van der Waals surface area contributed by atoms with Crippen molar-refractivity contribution in [2.75, 3.05) is 7.05 Å². The Morgan fingerprint density at radius 1 is 1.29 bits per heavy atom. The number of nitrogens with zero attached hydrogens (tertiary/aromatic N) is 3. The Hall–Kier alpha value is -2.67. The second kappa shape index (κ2) is 8.56. The van der Waals surface area contributed by atoms with Crippen molar-refractivity contribution in [3.05, 3.63) is 52.7 Å². The molecule has 7 heteroatoms. The summed E-state index contributed by atoms with van der Waals surface area (Å²) in [5.41, 5.74) is 2.18. The maximum absolute atomic E-state index is 12.8. The summed E-state index contributed by atoms with van der Waals surface area (Å²) < 4.78 is 11.3. The van der Waals surface area contributed by atoms with Gasteiger partial charge in [0.1, 0.15) is 5.75 Å². The first-order valence-electron chi connectivity index (χ1n) is 9.23. The Bertz CT molecular complexity index is 934. The van der Waals surface area contributed by atoms with Crippen molar-refractivity contribution in [1.82, 2.24) is 15.0 Å². The number of hydrogen-bond donors (Lipinski definition) is 0. The summed E-state index contributed by atoms with van der Waals surface area (Å²) in [5, 5.41) is 5.93. The molecule has 0 aliphatic rings. The highest BCUT2D eigenvalue weighted by Gasteiger charge is 2.23. The van der Waals surface area contributed by atoms with Crippen molar-refractivity contribution in [3.63, 3.8) is 0 Å². The predicted molar refractivity (Wildman–Crippen MR) is 109 cm³/mol. The number of likely N-dealkylation sites (N-methyl/N-ethyl adjacent to an activating group) is 1. The van der Waals surface area contributed by atoms with Crippen LogP contribution in [-0.4, -0.2) is 34.1 Å². The monoisotopic (exact) mass is 399 g/mol.